The quantitative estimate of drug-likeness (QED) is 0.695. The van der Waals surface area contributed by atoms with E-state index in [0.29, 0.717) is 11.1 Å². The molecule has 0 saturated carbocycles. The van der Waals surface area contributed by atoms with Crippen LogP contribution in [0.3, 0.4) is 0 Å². The van der Waals surface area contributed by atoms with E-state index in [-0.39, 0.29) is 0 Å². The minimum Gasteiger partial charge on any atom is -0.456 e. The summed E-state index contributed by atoms with van der Waals surface area (Å²) in [5, 5.41) is 17.6. The van der Waals surface area contributed by atoms with Crippen LogP contribution in [0.4, 0.5) is 0 Å². The van der Waals surface area contributed by atoms with E-state index in [1.807, 2.05) is 36.4 Å². The standard InChI is InChI=1S/C18H10N2O/c19-11-13-1-5-15(6-2-13)17-9-10-18(21-17)16-7-3-14(12-20)4-8-16/h1-10H. The molecular formula is C18H10N2O. The Bertz CT molecular complexity index is 772. The van der Waals surface area contributed by atoms with Crippen LogP contribution < -0.4 is 0 Å². The number of rotatable bonds is 2. The fraction of sp³-hybridized carbons (Fsp3) is 0. The third-order valence-corrected chi connectivity index (χ3v) is 3.20. The largest absolute Gasteiger partial charge is 0.456 e. The lowest BCUT2D eigenvalue weighted by molar-refractivity contribution is 0.597. The summed E-state index contributed by atoms with van der Waals surface area (Å²) in [6, 6.07) is 22.5. The first kappa shape index (κ1) is 12.7. The minimum atomic E-state index is 0.623. The molecule has 0 saturated heterocycles. The molecule has 1 aromatic heterocycles. The van der Waals surface area contributed by atoms with Crippen LogP contribution in [-0.4, -0.2) is 0 Å². The predicted molar refractivity (Wildman–Crippen MR) is 79.0 cm³/mol. The van der Waals surface area contributed by atoms with Crippen LogP contribution in [0.2, 0.25) is 0 Å². The highest BCUT2D eigenvalue weighted by atomic mass is 16.3. The highest BCUT2D eigenvalue weighted by molar-refractivity contribution is 5.65. The van der Waals surface area contributed by atoms with Gasteiger partial charge >= 0.3 is 0 Å². The number of hydrogen-bond acceptors (Lipinski definition) is 3. The maximum absolute atomic E-state index is 8.80. The third-order valence-electron chi connectivity index (χ3n) is 3.20. The second kappa shape index (κ2) is 5.36. The first-order chi connectivity index (χ1) is 10.3. The molecule has 0 unspecified atom stereocenters. The summed E-state index contributed by atoms with van der Waals surface area (Å²) in [6.07, 6.45) is 0. The predicted octanol–water partition coefficient (Wildman–Crippen LogP) is 4.36. The molecule has 3 heteroatoms. The summed E-state index contributed by atoms with van der Waals surface area (Å²) in [6.45, 7) is 0. The average Bonchev–Trinajstić information content (AvgIpc) is 3.05. The van der Waals surface area contributed by atoms with Crippen molar-refractivity contribution in [1.82, 2.24) is 0 Å². The van der Waals surface area contributed by atoms with E-state index in [4.69, 9.17) is 14.9 Å². The Morgan fingerprint density at radius 1 is 0.571 bits per heavy atom. The second-order valence-electron chi connectivity index (χ2n) is 4.54. The number of benzene rings is 2. The van der Waals surface area contributed by atoms with Gasteiger partial charge < -0.3 is 4.42 Å². The molecule has 3 nitrogen and oxygen atoms in total. The van der Waals surface area contributed by atoms with Crippen LogP contribution in [0.1, 0.15) is 11.1 Å². The Balaban J connectivity index is 1.92. The van der Waals surface area contributed by atoms with Gasteiger partial charge in [0.2, 0.25) is 0 Å². The molecule has 0 aliphatic rings. The topological polar surface area (TPSA) is 60.7 Å². The van der Waals surface area contributed by atoms with Crippen LogP contribution in [0.5, 0.6) is 0 Å². The van der Waals surface area contributed by atoms with Crippen molar-refractivity contribution in [3.8, 4) is 34.8 Å². The van der Waals surface area contributed by atoms with Gasteiger partial charge in [-0.3, -0.25) is 0 Å². The number of nitrogens with zero attached hydrogens (tertiary/aromatic N) is 2. The minimum absolute atomic E-state index is 0.623. The average molecular weight is 270 g/mol. The molecule has 3 aromatic rings. The van der Waals surface area contributed by atoms with Crippen molar-refractivity contribution in [1.29, 1.82) is 10.5 Å². The van der Waals surface area contributed by atoms with Crippen LogP contribution in [0.15, 0.2) is 65.1 Å². The summed E-state index contributed by atoms with van der Waals surface area (Å²) < 4.78 is 5.84. The van der Waals surface area contributed by atoms with E-state index in [2.05, 4.69) is 12.1 Å². The van der Waals surface area contributed by atoms with Crippen molar-refractivity contribution in [3.63, 3.8) is 0 Å². The molecule has 0 aliphatic carbocycles. The van der Waals surface area contributed by atoms with E-state index in [1.165, 1.54) is 0 Å². The monoisotopic (exact) mass is 270 g/mol. The summed E-state index contributed by atoms with van der Waals surface area (Å²) in [5.74, 6) is 1.50. The number of nitriles is 2. The Hall–Kier alpha value is -3.30. The summed E-state index contributed by atoms with van der Waals surface area (Å²) in [7, 11) is 0. The second-order valence-corrected chi connectivity index (χ2v) is 4.54. The molecule has 98 valence electrons. The molecule has 2 aromatic carbocycles. The zero-order valence-electron chi connectivity index (χ0n) is 11.1. The molecule has 0 spiro atoms. The van der Waals surface area contributed by atoms with Gasteiger partial charge in [-0.05, 0) is 60.7 Å². The lowest BCUT2D eigenvalue weighted by atomic mass is 10.1. The molecule has 1 heterocycles. The van der Waals surface area contributed by atoms with Crippen molar-refractivity contribution in [2.24, 2.45) is 0 Å². The van der Waals surface area contributed by atoms with Gasteiger partial charge in [-0.25, -0.2) is 0 Å². The molecule has 0 aliphatic heterocycles. The SMILES string of the molecule is N#Cc1ccc(-c2ccc(-c3ccc(C#N)cc3)o2)cc1. The van der Waals surface area contributed by atoms with E-state index in [0.717, 1.165) is 22.6 Å². The first-order valence-corrected chi connectivity index (χ1v) is 6.41. The van der Waals surface area contributed by atoms with E-state index >= 15 is 0 Å². The maximum atomic E-state index is 8.80. The molecule has 3 rings (SSSR count). The molecular weight excluding hydrogens is 260 g/mol. The zero-order valence-corrected chi connectivity index (χ0v) is 11.1. The Labute approximate surface area is 122 Å². The van der Waals surface area contributed by atoms with Gasteiger partial charge in [0, 0.05) is 11.1 Å². The van der Waals surface area contributed by atoms with Crippen LogP contribution >= 0.6 is 0 Å². The van der Waals surface area contributed by atoms with E-state index in [1.54, 1.807) is 24.3 Å². The van der Waals surface area contributed by atoms with E-state index in [9.17, 15) is 0 Å². The van der Waals surface area contributed by atoms with Crippen molar-refractivity contribution < 1.29 is 4.42 Å². The van der Waals surface area contributed by atoms with Gasteiger partial charge in [-0.1, -0.05) is 0 Å². The fourth-order valence-electron chi connectivity index (χ4n) is 2.07. The summed E-state index contributed by atoms with van der Waals surface area (Å²) in [5.41, 5.74) is 3.10. The van der Waals surface area contributed by atoms with Crippen LogP contribution in [0.25, 0.3) is 22.6 Å². The summed E-state index contributed by atoms with van der Waals surface area (Å²) in [4.78, 5) is 0. The highest BCUT2D eigenvalue weighted by Gasteiger charge is 2.07. The van der Waals surface area contributed by atoms with Crippen molar-refractivity contribution in [3.05, 3.63) is 71.8 Å². The number of furan rings is 1. The van der Waals surface area contributed by atoms with Crippen molar-refractivity contribution >= 4 is 0 Å². The molecule has 0 fully saturated rings. The highest BCUT2D eigenvalue weighted by Crippen LogP contribution is 2.28. The van der Waals surface area contributed by atoms with Crippen LogP contribution in [-0.2, 0) is 0 Å². The maximum Gasteiger partial charge on any atom is 0.134 e. The third kappa shape index (κ3) is 2.54. The van der Waals surface area contributed by atoms with Gasteiger partial charge in [0.15, 0.2) is 0 Å². The zero-order chi connectivity index (χ0) is 14.7. The molecule has 0 N–H and O–H groups in total. The normalized spacial score (nSPS) is 9.81. The van der Waals surface area contributed by atoms with Gasteiger partial charge in [-0.15, -0.1) is 0 Å². The fourth-order valence-corrected chi connectivity index (χ4v) is 2.07. The smallest absolute Gasteiger partial charge is 0.134 e. The van der Waals surface area contributed by atoms with Crippen molar-refractivity contribution in [2.45, 2.75) is 0 Å². The molecule has 21 heavy (non-hydrogen) atoms. The Kier molecular flexibility index (Phi) is 3.25. The molecule has 0 atom stereocenters. The Morgan fingerprint density at radius 3 is 1.29 bits per heavy atom. The number of hydrogen-bond donors (Lipinski definition) is 0. The van der Waals surface area contributed by atoms with Crippen molar-refractivity contribution in [2.75, 3.05) is 0 Å². The molecule has 0 radical (unpaired) electrons. The van der Waals surface area contributed by atoms with Crippen LogP contribution in [0, 0.1) is 22.7 Å². The van der Waals surface area contributed by atoms with Gasteiger partial charge in [0.05, 0.1) is 23.3 Å². The Morgan fingerprint density at radius 2 is 0.952 bits per heavy atom. The first-order valence-electron chi connectivity index (χ1n) is 6.41. The lowest BCUT2D eigenvalue weighted by Gasteiger charge is -1.99. The van der Waals surface area contributed by atoms with Gasteiger partial charge in [0.25, 0.3) is 0 Å². The van der Waals surface area contributed by atoms with Gasteiger partial charge in [0.1, 0.15) is 11.5 Å². The molecule has 0 amide bonds. The van der Waals surface area contributed by atoms with E-state index < -0.39 is 0 Å². The molecule has 0 bridgehead atoms. The summed E-state index contributed by atoms with van der Waals surface area (Å²) >= 11 is 0. The van der Waals surface area contributed by atoms with Gasteiger partial charge in [-0.2, -0.15) is 10.5 Å². The lowest BCUT2D eigenvalue weighted by Crippen LogP contribution is -1.77.